The molecule has 0 saturated heterocycles. The molecule has 2 aromatic rings. The van der Waals surface area contributed by atoms with Crippen molar-refractivity contribution in [2.45, 2.75) is 58.8 Å². The molecule has 1 atom stereocenters. The van der Waals surface area contributed by atoms with Gasteiger partial charge in [0.1, 0.15) is 12.4 Å². The predicted octanol–water partition coefficient (Wildman–Crippen LogP) is 1.69. The average molecular weight is 344 g/mol. The minimum absolute atomic E-state index is 0.435. The summed E-state index contributed by atoms with van der Waals surface area (Å²) in [6.45, 7) is 8.72. The van der Waals surface area contributed by atoms with Gasteiger partial charge in [0.05, 0.1) is 6.20 Å². The molecule has 0 radical (unpaired) electrons. The molecule has 0 amide bonds. The molecule has 4 rings (SSSR count). The van der Waals surface area contributed by atoms with Gasteiger partial charge < -0.3 is 9.30 Å². The molecular formula is C18H28N6O. The average Bonchev–Trinajstić information content (AvgIpc) is 3.30. The molecule has 2 aliphatic rings. The van der Waals surface area contributed by atoms with Gasteiger partial charge in [-0.3, -0.25) is 9.58 Å². The summed E-state index contributed by atoms with van der Waals surface area (Å²) in [5.41, 5.74) is 2.55. The zero-order chi connectivity index (χ0) is 17.4. The largest absolute Gasteiger partial charge is 0.373 e. The minimum Gasteiger partial charge on any atom is -0.373 e. The quantitative estimate of drug-likeness (QED) is 0.798. The third kappa shape index (κ3) is 3.62. The minimum atomic E-state index is 0.435. The predicted molar refractivity (Wildman–Crippen MR) is 93.9 cm³/mol. The van der Waals surface area contributed by atoms with Gasteiger partial charge in [-0.1, -0.05) is 0 Å². The van der Waals surface area contributed by atoms with Crippen molar-refractivity contribution < 1.29 is 4.74 Å². The number of rotatable bonds is 6. The van der Waals surface area contributed by atoms with E-state index >= 15 is 0 Å². The van der Waals surface area contributed by atoms with E-state index in [2.05, 4.69) is 38.6 Å². The van der Waals surface area contributed by atoms with Gasteiger partial charge in [0.2, 0.25) is 0 Å². The summed E-state index contributed by atoms with van der Waals surface area (Å²) < 4.78 is 10.0. The molecule has 0 bridgehead atoms. The maximum atomic E-state index is 5.83. The zero-order valence-electron chi connectivity index (χ0n) is 15.5. The van der Waals surface area contributed by atoms with Crippen LogP contribution in [0.1, 0.15) is 42.7 Å². The van der Waals surface area contributed by atoms with E-state index in [1.165, 1.54) is 24.1 Å². The topological polar surface area (TPSA) is 61.0 Å². The molecule has 1 aliphatic carbocycles. The molecule has 0 aromatic carbocycles. The molecule has 0 N–H and O–H groups in total. The van der Waals surface area contributed by atoms with Crippen LogP contribution < -0.4 is 0 Å². The maximum Gasteiger partial charge on any atom is 0.159 e. The lowest BCUT2D eigenvalue weighted by molar-refractivity contribution is 0.103. The Morgan fingerprint density at radius 1 is 1.24 bits per heavy atom. The Bertz CT molecular complexity index is 732. The lowest BCUT2D eigenvalue weighted by Crippen LogP contribution is -2.34. The standard InChI is InChI=1S/C18H28N6O/c1-13-8-17-20-21-18(12-25-11-15-4-5-15)24(17)7-6-23(13)10-16-9-19-22(3)14(16)2/h9,13,15H,4-8,10-12H2,1-3H3/t13-/m1/s1. The fraction of sp³-hybridized carbons (Fsp3) is 0.722. The van der Waals surface area contributed by atoms with Gasteiger partial charge in [-0.15, -0.1) is 10.2 Å². The van der Waals surface area contributed by atoms with Crippen molar-refractivity contribution in [3.63, 3.8) is 0 Å². The first-order chi connectivity index (χ1) is 12.1. The van der Waals surface area contributed by atoms with Crippen molar-refractivity contribution in [3.8, 4) is 0 Å². The number of fused-ring (bicyclic) bond motifs is 1. The molecule has 7 heteroatoms. The Morgan fingerprint density at radius 3 is 2.80 bits per heavy atom. The summed E-state index contributed by atoms with van der Waals surface area (Å²) >= 11 is 0. The Balaban J connectivity index is 1.41. The normalized spacial score (nSPS) is 21.3. The van der Waals surface area contributed by atoms with Gasteiger partial charge in [0, 0.05) is 57.0 Å². The highest BCUT2D eigenvalue weighted by molar-refractivity contribution is 5.16. The Labute approximate surface area is 149 Å². The molecule has 3 heterocycles. The van der Waals surface area contributed by atoms with Crippen LogP contribution in [0.15, 0.2) is 6.20 Å². The number of hydrogen-bond donors (Lipinski definition) is 0. The van der Waals surface area contributed by atoms with Gasteiger partial charge in [-0.05, 0) is 32.6 Å². The maximum absolute atomic E-state index is 5.83. The first-order valence-electron chi connectivity index (χ1n) is 9.32. The van der Waals surface area contributed by atoms with Crippen LogP contribution in [0.25, 0.3) is 0 Å². The van der Waals surface area contributed by atoms with Crippen molar-refractivity contribution in [3.05, 3.63) is 29.1 Å². The molecule has 2 aromatic heterocycles. The van der Waals surface area contributed by atoms with E-state index in [4.69, 9.17) is 4.74 Å². The Morgan fingerprint density at radius 2 is 2.08 bits per heavy atom. The number of aryl methyl sites for hydroxylation is 1. The lowest BCUT2D eigenvalue weighted by atomic mass is 10.1. The van der Waals surface area contributed by atoms with Crippen LogP contribution in [-0.4, -0.2) is 48.6 Å². The van der Waals surface area contributed by atoms with E-state index in [9.17, 15) is 0 Å². The molecular weight excluding hydrogens is 316 g/mol. The van der Waals surface area contributed by atoms with Crippen LogP contribution in [0.3, 0.4) is 0 Å². The van der Waals surface area contributed by atoms with Gasteiger partial charge in [0.25, 0.3) is 0 Å². The monoisotopic (exact) mass is 344 g/mol. The fourth-order valence-corrected chi connectivity index (χ4v) is 3.48. The lowest BCUT2D eigenvalue weighted by Gasteiger charge is -2.26. The van der Waals surface area contributed by atoms with Crippen LogP contribution in [0.2, 0.25) is 0 Å². The summed E-state index contributed by atoms with van der Waals surface area (Å²) in [5.74, 6) is 2.84. The highest BCUT2D eigenvalue weighted by Crippen LogP contribution is 2.29. The van der Waals surface area contributed by atoms with Crippen molar-refractivity contribution in [2.75, 3.05) is 13.2 Å². The molecule has 7 nitrogen and oxygen atoms in total. The second-order valence-electron chi connectivity index (χ2n) is 7.55. The first-order valence-corrected chi connectivity index (χ1v) is 9.32. The molecule has 1 saturated carbocycles. The van der Waals surface area contributed by atoms with Crippen LogP contribution in [-0.2, 0) is 37.9 Å². The number of hydrogen-bond acceptors (Lipinski definition) is 5. The SMILES string of the molecule is Cc1c(CN2CCn3c(COCC4CC4)nnc3C[C@H]2C)cnn1C. The van der Waals surface area contributed by atoms with E-state index in [0.29, 0.717) is 12.6 Å². The van der Waals surface area contributed by atoms with Crippen molar-refractivity contribution in [1.29, 1.82) is 0 Å². The van der Waals surface area contributed by atoms with Crippen LogP contribution >= 0.6 is 0 Å². The molecule has 1 fully saturated rings. The molecule has 0 unspecified atom stereocenters. The van der Waals surface area contributed by atoms with Gasteiger partial charge >= 0.3 is 0 Å². The third-order valence-electron chi connectivity index (χ3n) is 5.61. The number of nitrogens with zero attached hydrogens (tertiary/aromatic N) is 6. The highest BCUT2D eigenvalue weighted by atomic mass is 16.5. The van der Waals surface area contributed by atoms with E-state index in [-0.39, 0.29) is 0 Å². The van der Waals surface area contributed by atoms with Gasteiger partial charge in [-0.2, -0.15) is 5.10 Å². The summed E-state index contributed by atoms with van der Waals surface area (Å²) in [5, 5.41) is 13.2. The Kier molecular flexibility index (Phi) is 4.60. The van der Waals surface area contributed by atoms with E-state index in [0.717, 1.165) is 50.2 Å². The van der Waals surface area contributed by atoms with Crippen molar-refractivity contribution in [1.82, 2.24) is 29.4 Å². The summed E-state index contributed by atoms with van der Waals surface area (Å²) in [6.07, 6.45) is 5.55. The molecule has 0 spiro atoms. The second kappa shape index (κ2) is 6.88. The number of aromatic nitrogens is 5. The Hall–Kier alpha value is -1.73. The van der Waals surface area contributed by atoms with Crippen LogP contribution in [0.4, 0.5) is 0 Å². The fourth-order valence-electron chi connectivity index (χ4n) is 3.48. The first kappa shape index (κ1) is 16.7. The third-order valence-corrected chi connectivity index (χ3v) is 5.61. The number of ether oxygens (including phenoxy) is 1. The van der Waals surface area contributed by atoms with E-state index in [1.54, 1.807) is 0 Å². The smallest absolute Gasteiger partial charge is 0.159 e. The zero-order valence-corrected chi connectivity index (χ0v) is 15.5. The van der Waals surface area contributed by atoms with Gasteiger partial charge in [-0.25, -0.2) is 0 Å². The highest BCUT2D eigenvalue weighted by Gasteiger charge is 2.25. The molecule has 25 heavy (non-hydrogen) atoms. The van der Waals surface area contributed by atoms with Gasteiger partial charge in [0.15, 0.2) is 5.82 Å². The van der Waals surface area contributed by atoms with Crippen LogP contribution in [0, 0.1) is 12.8 Å². The van der Waals surface area contributed by atoms with E-state index in [1.807, 2.05) is 17.9 Å². The molecule has 1 aliphatic heterocycles. The van der Waals surface area contributed by atoms with Crippen molar-refractivity contribution in [2.24, 2.45) is 13.0 Å². The van der Waals surface area contributed by atoms with E-state index < -0.39 is 0 Å². The summed E-state index contributed by atoms with van der Waals surface area (Å²) in [6, 6.07) is 0.435. The van der Waals surface area contributed by atoms with Crippen molar-refractivity contribution >= 4 is 0 Å². The summed E-state index contributed by atoms with van der Waals surface area (Å²) in [4.78, 5) is 2.52. The van der Waals surface area contributed by atoms with Crippen LogP contribution in [0.5, 0.6) is 0 Å². The molecule has 136 valence electrons. The summed E-state index contributed by atoms with van der Waals surface area (Å²) in [7, 11) is 2.00. The second-order valence-corrected chi connectivity index (χ2v) is 7.55.